The van der Waals surface area contributed by atoms with Crippen molar-refractivity contribution in [2.45, 2.75) is 58.5 Å². The first-order valence-electron chi connectivity index (χ1n) is 11.6. The van der Waals surface area contributed by atoms with Crippen molar-refractivity contribution in [1.82, 2.24) is 24.5 Å². The van der Waals surface area contributed by atoms with E-state index in [2.05, 4.69) is 27.4 Å². The second kappa shape index (κ2) is 9.83. The number of carbonyl (C=O) groups is 1. The lowest BCUT2D eigenvalue weighted by molar-refractivity contribution is -0.155. The lowest BCUT2D eigenvalue weighted by atomic mass is 10.0. The molecule has 3 heterocycles. The van der Waals surface area contributed by atoms with Gasteiger partial charge in [0.1, 0.15) is 11.3 Å². The second-order valence-corrected chi connectivity index (χ2v) is 8.51. The highest BCUT2D eigenvalue weighted by atomic mass is 16.7. The fourth-order valence-electron chi connectivity index (χ4n) is 4.90. The Balaban J connectivity index is 1.48. The number of nitrogens with zero attached hydrogens (tertiary/aromatic N) is 5. The fourth-order valence-corrected chi connectivity index (χ4v) is 4.90. The van der Waals surface area contributed by atoms with E-state index in [0.29, 0.717) is 11.9 Å². The van der Waals surface area contributed by atoms with Gasteiger partial charge in [0.15, 0.2) is 5.82 Å². The third-order valence-corrected chi connectivity index (χ3v) is 6.56. The molecule has 8 heteroatoms. The van der Waals surface area contributed by atoms with Crippen LogP contribution in [0.25, 0.3) is 21.9 Å². The Hall–Kier alpha value is -2.71. The van der Waals surface area contributed by atoms with E-state index < -0.39 is 0 Å². The quantitative estimate of drug-likeness (QED) is 0.542. The Morgan fingerprint density at radius 3 is 2.66 bits per heavy atom. The molecular weight excluding hydrogens is 404 g/mol. The first-order valence-corrected chi connectivity index (χ1v) is 11.6. The largest absolute Gasteiger partial charge is 0.382 e. The zero-order chi connectivity index (χ0) is 22.7. The monoisotopic (exact) mass is 438 g/mol. The molecule has 1 amide bonds. The third-order valence-electron chi connectivity index (χ3n) is 6.56. The molecule has 32 heavy (non-hydrogen) atoms. The predicted molar refractivity (Wildman–Crippen MR) is 127 cm³/mol. The van der Waals surface area contributed by atoms with Crippen LogP contribution in [0.1, 0.15) is 45.4 Å². The number of imidazole rings is 1. The van der Waals surface area contributed by atoms with Gasteiger partial charge in [-0.25, -0.2) is 9.97 Å². The number of aromatic nitrogens is 3. The minimum Gasteiger partial charge on any atom is -0.382 e. The van der Waals surface area contributed by atoms with Crippen molar-refractivity contribution in [2.75, 3.05) is 32.5 Å². The lowest BCUT2D eigenvalue weighted by Crippen LogP contribution is -2.46. The molecule has 4 rings (SSSR count). The number of fused-ring (bicyclic) bond motifs is 3. The van der Waals surface area contributed by atoms with Crippen LogP contribution in [0.4, 0.5) is 5.82 Å². The van der Waals surface area contributed by atoms with Crippen molar-refractivity contribution in [3.63, 3.8) is 0 Å². The van der Waals surface area contributed by atoms with E-state index >= 15 is 0 Å². The van der Waals surface area contributed by atoms with Crippen molar-refractivity contribution in [1.29, 1.82) is 0 Å². The van der Waals surface area contributed by atoms with Crippen LogP contribution in [0.3, 0.4) is 0 Å². The van der Waals surface area contributed by atoms with Gasteiger partial charge in [-0.1, -0.05) is 25.1 Å². The van der Waals surface area contributed by atoms with Crippen LogP contribution in [0, 0.1) is 0 Å². The first-order chi connectivity index (χ1) is 15.5. The Kier molecular flexibility index (Phi) is 6.91. The number of amides is 1. The minimum absolute atomic E-state index is 0.160. The van der Waals surface area contributed by atoms with Crippen LogP contribution in [-0.2, 0) is 22.6 Å². The van der Waals surface area contributed by atoms with Crippen molar-refractivity contribution in [3.8, 4) is 0 Å². The van der Waals surface area contributed by atoms with E-state index in [9.17, 15) is 4.79 Å². The van der Waals surface area contributed by atoms with E-state index in [1.165, 1.54) is 0 Å². The molecule has 3 aromatic rings. The summed E-state index contributed by atoms with van der Waals surface area (Å²) >= 11 is 0. The van der Waals surface area contributed by atoms with Gasteiger partial charge in [-0.15, -0.1) is 0 Å². The summed E-state index contributed by atoms with van der Waals surface area (Å²) in [5, 5.41) is 3.05. The van der Waals surface area contributed by atoms with Gasteiger partial charge in [-0.3, -0.25) is 4.79 Å². The number of hydroxylamine groups is 2. The molecular formula is C24H34N6O2. The van der Waals surface area contributed by atoms with Gasteiger partial charge < -0.3 is 20.0 Å². The summed E-state index contributed by atoms with van der Waals surface area (Å²) in [6.45, 7) is 7.17. The molecule has 1 aliphatic heterocycles. The zero-order valence-corrected chi connectivity index (χ0v) is 19.4. The molecule has 0 saturated carbocycles. The highest BCUT2D eigenvalue weighted by Gasteiger charge is 2.26. The normalized spacial score (nSPS) is 15.6. The highest BCUT2D eigenvalue weighted by molar-refractivity contribution is 6.06. The maximum atomic E-state index is 12.3. The van der Waals surface area contributed by atoms with Crippen LogP contribution in [0.5, 0.6) is 0 Å². The third kappa shape index (κ3) is 4.42. The number of para-hydroxylation sites is 1. The Morgan fingerprint density at radius 2 is 1.97 bits per heavy atom. The van der Waals surface area contributed by atoms with Gasteiger partial charge in [0, 0.05) is 51.0 Å². The summed E-state index contributed by atoms with van der Waals surface area (Å²) in [5.74, 6) is 1.67. The van der Waals surface area contributed by atoms with E-state index in [0.717, 1.165) is 86.0 Å². The molecule has 0 atom stereocenters. The molecule has 1 fully saturated rings. The Bertz CT molecular complexity index is 1090. The molecule has 0 radical (unpaired) electrons. The lowest BCUT2D eigenvalue weighted by Gasteiger charge is -2.37. The number of rotatable bonds is 8. The van der Waals surface area contributed by atoms with Gasteiger partial charge in [0.25, 0.3) is 0 Å². The Morgan fingerprint density at radius 1 is 1.22 bits per heavy atom. The smallest absolute Gasteiger partial charge is 0.219 e. The SMILES string of the molecule is CCc1nc2c(N)nc3ccccc3c2n1CCCCN(C(C)=O)C1CCN(OC)CC1. The summed E-state index contributed by atoms with van der Waals surface area (Å²) in [6, 6.07) is 8.39. The van der Waals surface area contributed by atoms with E-state index in [1.54, 1.807) is 14.0 Å². The number of piperidine rings is 1. The number of anilines is 1. The van der Waals surface area contributed by atoms with Crippen LogP contribution < -0.4 is 5.73 Å². The van der Waals surface area contributed by atoms with Gasteiger partial charge in [-0.05, 0) is 31.7 Å². The summed E-state index contributed by atoms with van der Waals surface area (Å²) in [6.07, 6.45) is 4.66. The standard InChI is InChI=1S/C24H34N6O2/c1-4-21-27-22-23(19-9-5-6-10-20(19)26-24(22)25)30(21)14-8-7-13-29(17(2)31)18-11-15-28(32-3)16-12-18/h5-6,9-10,18H,4,7-8,11-16H2,1-3H3,(H2,25,26). The number of benzene rings is 1. The highest BCUT2D eigenvalue weighted by Crippen LogP contribution is 2.29. The number of hydrogen-bond acceptors (Lipinski definition) is 6. The first kappa shape index (κ1) is 22.5. The molecule has 1 saturated heterocycles. The minimum atomic E-state index is 0.160. The fraction of sp³-hybridized carbons (Fsp3) is 0.542. The number of nitrogens with two attached hydrogens (primary N) is 1. The average Bonchev–Trinajstić information content (AvgIpc) is 3.18. The van der Waals surface area contributed by atoms with Crippen LogP contribution in [0.2, 0.25) is 0 Å². The number of carbonyl (C=O) groups excluding carboxylic acids is 1. The topological polar surface area (TPSA) is 89.5 Å². The molecule has 2 aromatic heterocycles. The van der Waals surface area contributed by atoms with Crippen LogP contribution >= 0.6 is 0 Å². The molecule has 1 aliphatic rings. The number of nitrogen functional groups attached to an aromatic ring is 1. The number of unbranched alkanes of at least 4 members (excludes halogenated alkanes) is 1. The summed E-state index contributed by atoms with van der Waals surface area (Å²) in [4.78, 5) is 29.0. The van der Waals surface area contributed by atoms with Gasteiger partial charge in [0.05, 0.1) is 18.1 Å². The molecule has 0 aliphatic carbocycles. The molecule has 2 N–H and O–H groups in total. The van der Waals surface area contributed by atoms with Gasteiger partial charge >= 0.3 is 0 Å². The average molecular weight is 439 g/mol. The molecule has 1 aromatic carbocycles. The summed E-state index contributed by atoms with van der Waals surface area (Å²) < 4.78 is 2.30. The number of aryl methyl sites for hydroxylation is 2. The van der Waals surface area contributed by atoms with E-state index in [-0.39, 0.29) is 5.91 Å². The summed E-state index contributed by atoms with van der Waals surface area (Å²) in [7, 11) is 1.71. The molecule has 0 spiro atoms. The molecule has 0 unspecified atom stereocenters. The summed E-state index contributed by atoms with van der Waals surface area (Å²) in [5.41, 5.74) is 9.00. The van der Waals surface area contributed by atoms with Crippen molar-refractivity contribution in [3.05, 3.63) is 30.1 Å². The van der Waals surface area contributed by atoms with Crippen molar-refractivity contribution >= 4 is 33.7 Å². The van der Waals surface area contributed by atoms with Gasteiger partial charge in [-0.2, -0.15) is 5.06 Å². The van der Waals surface area contributed by atoms with Crippen molar-refractivity contribution in [2.24, 2.45) is 0 Å². The zero-order valence-electron chi connectivity index (χ0n) is 19.4. The number of hydrogen-bond donors (Lipinski definition) is 1. The molecule has 0 bridgehead atoms. The van der Waals surface area contributed by atoms with Gasteiger partial charge in [0.2, 0.25) is 5.91 Å². The van der Waals surface area contributed by atoms with Crippen LogP contribution in [0.15, 0.2) is 24.3 Å². The molecule has 172 valence electrons. The van der Waals surface area contributed by atoms with Crippen molar-refractivity contribution < 1.29 is 9.63 Å². The predicted octanol–water partition coefficient (Wildman–Crippen LogP) is 3.38. The molecule has 8 nitrogen and oxygen atoms in total. The second-order valence-electron chi connectivity index (χ2n) is 8.51. The van der Waals surface area contributed by atoms with E-state index in [1.807, 2.05) is 23.3 Å². The maximum absolute atomic E-state index is 12.3. The Labute approximate surface area is 189 Å². The maximum Gasteiger partial charge on any atom is 0.219 e. The van der Waals surface area contributed by atoms with Crippen LogP contribution in [-0.4, -0.2) is 63.2 Å². The number of pyridine rings is 1. The van der Waals surface area contributed by atoms with E-state index in [4.69, 9.17) is 15.6 Å².